The molecule has 1 fully saturated rings. The lowest BCUT2D eigenvalue weighted by atomic mass is 9.77. The first kappa shape index (κ1) is 11.0. The lowest BCUT2D eigenvalue weighted by Gasteiger charge is -2.40. The van der Waals surface area contributed by atoms with Crippen LogP contribution in [0.2, 0.25) is 0 Å². The smallest absolute Gasteiger partial charge is 0.0690 e. The zero-order chi connectivity index (χ0) is 9.57. The Morgan fingerprint density at radius 3 is 2.62 bits per heavy atom. The fourth-order valence-electron chi connectivity index (χ4n) is 1.77. The maximum Gasteiger partial charge on any atom is 0.0690 e. The Balaban J connectivity index is 1.98. The summed E-state index contributed by atoms with van der Waals surface area (Å²) in [5.74, 6) is 0. The molecular formula is C10H21NO2. The Morgan fingerprint density at radius 1 is 1.38 bits per heavy atom. The molecule has 0 spiro atoms. The molecular weight excluding hydrogens is 166 g/mol. The molecule has 1 saturated carbocycles. The molecule has 1 rings (SSSR count). The minimum atomic E-state index is 0.187. The largest absolute Gasteiger partial charge is 0.396 e. The summed E-state index contributed by atoms with van der Waals surface area (Å²) >= 11 is 0. The van der Waals surface area contributed by atoms with E-state index >= 15 is 0 Å². The van der Waals surface area contributed by atoms with Crippen molar-refractivity contribution >= 4 is 0 Å². The van der Waals surface area contributed by atoms with Crippen molar-refractivity contribution in [3.8, 4) is 0 Å². The molecule has 2 N–H and O–H groups in total. The van der Waals surface area contributed by atoms with Crippen molar-refractivity contribution in [3.63, 3.8) is 0 Å². The van der Waals surface area contributed by atoms with Crippen molar-refractivity contribution in [2.24, 2.45) is 0 Å². The van der Waals surface area contributed by atoms with Gasteiger partial charge in [-0.15, -0.1) is 0 Å². The van der Waals surface area contributed by atoms with Crippen molar-refractivity contribution in [1.29, 1.82) is 0 Å². The highest BCUT2D eigenvalue weighted by molar-refractivity contribution is 4.89. The summed E-state index contributed by atoms with van der Waals surface area (Å²) < 4.78 is 5.49. The third-order valence-corrected chi connectivity index (χ3v) is 2.97. The monoisotopic (exact) mass is 187 g/mol. The van der Waals surface area contributed by atoms with E-state index in [0.717, 1.165) is 25.9 Å². The predicted molar refractivity (Wildman–Crippen MR) is 52.8 cm³/mol. The van der Waals surface area contributed by atoms with Crippen molar-refractivity contribution in [2.75, 3.05) is 26.8 Å². The second kappa shape index (κ2) is 5.58. The van der Waals surface area contributed by atoms with Gasteiger partial charge in [0.2, 0.25) is 0 Å². The molecule has 3 nitrogen and oxygen atoms in total. The summed E-state index contributed by atoms with van der Waals surface area (Å²) in [6, 6.07) is 0. The summed E-state index contributed by atoms with van der Waals surface area (Å²) in [5, 5.41) is 11.9. The molecule has 0 aromatic heterocycles. The molecule has 0 radical (unpaired) electrons. The van der Waals surface area contributed by atoms with Crippen molar-refractivity contribution in [2.45, 2.75) is 37.7 Å². The molecule has 1 aliphatic carbocycles. The van der Waals surface area contributed by atoms with E-state index in [1.165, 1.54) is 19.3 Å². The van der Waals surface area contributed by atoms with Crippen LogP contribution in [0.25, 0.3) is 0 Å². The highest BCUT2D eigenvalue weighted by Crippen LogP contribution is 2.37. The maximum absolute atomic E-state index is 8.56. The zero-order valence-electron chi connectivity index (χ0n) is 8.51. The first-order chi connectivity index (χ1) is 6.33. The van der Waals surface area contributed by atoms with Crippen LogP contribution in [0.3, 0.4) is 0 Å². The summed E-state index contributed by atoms with van der Waals surface area (Å²) in [6.45, 7) is 2.20. The van der Waals surface area contributed by atoms with Gasteiger partial charge in [-0.3, -0.25) is 0 Å². The molecule has 78 valence electrons. The van der Waals surface area contributed by atoms with Gasteiger partial charge in [0, 0.05) is 13.7 Å². The normalized spacial score (nSPS) is 19.8. The average molecular weight is 187 g/mol. The van der Waals surface area contributed by atoms with Gasteiger partial charge in [0.25, 0.3) is 0 Å². The molecule has 0 aliphatic heterocycles. The number of aliphatic hydroxyl groups is 1. The Hall–Kier alpha value is -0.120. The second-order valence-corrected chi connectivity index (χ2v) is 3.82. The van der Waals surface area contributed by atoms with Gasteiger partial charge in [0.15, 0.2) is 0 Å². The molecule has 0 heterocycles. The van der Waals surface area contributed by atoms with E-state index in [-0.39, 0.29) is 12.2 Å². The predicted octanol–water partition coefficient (Wildman–Crippen LogP) is 0.918. The van der Waals surface area contributed by atoms with E-state index in [4.69, 9.17) is 9.84 Å². The van der Waals surface area contributed by atoms with Gasteiger partial charge in [-0.05, 0) is 45.2 Å². The number of ether oxygens (including phenoxy) is 1. The third kappa shape index (κ3) is 3.25. The molecule has 3 heteroatoms. The van der Waals surface area contributed by atoms with E-state index in [1.54, 1.807) is 0 Å². The molecule has 0 bridgehead atoms. The van der Waals surface area contributed by atoms with E-state index < -0.39 is 0 Å². The SMILES string of the molecule is COC1(CCNCCCO)CCC1. The number of rotatable bonds is 7. The van der Waals surface area contributed by atoms with Gasteiger partial charge >= 0.3 is 0 Å². The number of nitrogens with one attached hydrogen (secondary N) is 1. The zero-order valence-corrected chi connectivity index (χ0v) is 8.51. The van der Waals surface area contributed by atoms with Crippen LogP contribution in [-0.2, 0) is 4.74 Å². The van der Waals surface area contributed by atoms with Crippen LogP contribution in [0.1, 0.15) is 32.1 Å². The average Bonchev–Trinajstić information content (AvgIpc) is 2.09. The van der Waals surface area contributed by atoms with Gasteiger partial charge in [0.1, 0.15) is 0 Å². The first-order valence-electron chi connectivity index (χ1n) is 5.20. The van der Waals surface area contributed by atoms with E-state index in [9.17, 15) is 0 Å². The molecule has 0 atom stereocenters. The quantitative estimate of drug-likeness (QED) is 0.582. The Kier molecular flexibility index (Phi) is 4.70. The summed E-state index contributed by atoms with van der Waals surface area (Å²) in [5.41, 5.74) is 0.187. The highest BCUT2D eigenvalue weighted by atomic mass is 16.5. The van der Waals surface area contributed by atoms with Crippen LogP contribution in [0.15, 0.2) is 0 Å². The van der Waals surface area contributed by atoms with E-state index in [0.29, 0.717) is 0 Å². The van der Waals surface area contributed by atoms with Gasteiger partial charge in [-0.1, -0.05) is 0 Å². The lowest BCUT2D eigenvalue weighted by Crippen LogP contribution is -2.41. The Morgan fingerprint density at radius 2 is 2.15 bits per heavy atom. The van der Waals surface area contributed by atoms with Crippen molar-refractivity contribution in [1.82, 2.24) is 5.32 Å². The molecule has 0 amide bonds. The van der Waals surface area contributed by atoms with Crippen LogP contribution in [0.5, 0.6) is 0 Å². The highest BCUT2D eigenvalue weighted by Gasteiger charge is 2.35. The Bertz CT molecular complexity index is 129. The minimum absolute atomic E-state index is 0.187. The summed E-state index contributed by atoms with van der Waals surface area (Å²) in [4.78, 5) is 0. The van der Waals surface area contributed by atoms with Crippen LogP contribution < -0.4 is 5.32 Å². The lowest BCUT2D eigenvalue weighted by molar-refractivity contribution is -0.0767. The minimum Gasteiger partial charge on any atom is -0.396 e. The Labute approximate surface area is 80.5 Å². The summed E-state index contributed by atoms with van der Waals surface area (Å²) in [6.07, 6.45) is 5.69. The number of hydrogen-bond donors (Lipinski definition) is 2. The fraction of sp³-hybridized carbons (Fsp3) is 1.00. The van der Waals surface area contributed by atoms with Crippen LogP contribution in [0, 0.1) is 0 Å². The van der Waals surface area contributed by atoms with Gasteiger partial charge in [-0.25, -0.2) is 0 Å². The van der Waals surface area contributed by atoms with Crippen LogP contribution in [0.4, 0.5) is 0 Å². The van der Waals surface area contributed by atoms with Crippen LogP contribution >= 0.6 is 0 Å². The topological polar surface area (TPSA) is 41.5 Å². The first-order valence-corrected chi connectivity index (χ1v) is 5.20. The van der Waals surface area contributed by atoms with Gasteiger partial charge in [-0.2, -0.15) is 0 Å². The molecule has 0 saturated heterocycles. The molecule has 0 aromatic rings. The van der Waals surface area contributed by atoms with Crippen molar-refractivity contribution < 1.29 is 9.84 Å². The maximum atomic E-state index is 8.56. The summed E-state index contributed by atoms with van der Waals surface area (Å²) in [7, 11) is 1.81. The van der Waals surface area contributed by atoms with E-state index in [2.05, 4.69) is 5.32 Å². The second-order valence-electron chi connectivity index (χ2n) is 3.82. The third-order valence-electron chi connectivity index (χ3n) is 2.97. The number of hydrogen-bond acceptors (Lipinski definition) is 3. The van der Waals surface area contributed by atoms with Crippen LogP contribution in [-0.4, -0.2) is 37.5 Å². The van der Waals surface area contributed by atoms with Crippen molar-refractivity contribution in [3.05, 3.63) is 0 Å². The number of methoxy groups -OCH3 is 1. The number of aliphatic hydroxyl groups excluding tert-OH is 1. The fourth-order valence-corrected chi connectivity index (χ4v) is 1.77. The van der Waals surface area contributed by atoms with Gasteiger partial charge < -0.3 is 15.2 Å². The molecule has 0 aromatic carbocycles. The standard InChI is InChI=1S/C10H21NO2/c1-13-10(4-2-5-10)6-8-11-7-3-9-12/h11-12H,2-9H2,1H3. The van der Waals surface area contributed by atoms with E-state index in [1.807, 2.05) is 7.11 Å². The molecule has 0 unspecified atom stereocenters. The molecule has 1 aliphatic rings. The van der Waals surface area contributed by atoms with Gasteiger partial charge in [0.05, 0.1) is 5.60 Å². The molecule has 13 heavy (non-hydrogen) atoms.